The average Bonchev–Trinajstić information content (AvgIpc) is 2.67. The summed E-state index contributed by atoms with van der Waals surface area (Å²) in [6, 6.07) is 11.8. The van der Waals surface area contributed by atoms with Crippen LogP contribution in [0.15, 0.2) is 55.1 Å². The third-order valence-electron chi connectivity index (χ3n) is 3.41. The highest BCUT2D eigenvalue weighted by Gasteiger charge is 2.08. The van der Waals surface area contributed by atoms with Gasteiger partial charge in [0, 0.05) is 12.1 Å². The van der Waals surface area contributed by atoms with Gasteiger partial charge in [0.1, 0.15) is 12.4 Å². The van der Waals surface area contributed by atoms with Crippen LogP contribution in [0, 0.1) is 5.82 Å². The molecule has 0 spiro atoms. The summed E-state index contributed by atoms with van der Waals surface area (Å²) in [4.78, 5) is 0. The zero-order valence-electron chi connectivity index (χ0n) is 15.1. The van der Waals surface area contributed by atoms with Crippen LogP contribution in [0.1, 0.15) is 18.1 Å². The Hall–Kier alpha value is -2.93. The fraction of sp³-hybridized carbons (Fsp3) is 0.200. The number of hydrazone groups is 1. The second-order valence-corrected chi connectivity index (χ2v) is 5.87. The van der Waals surface area contributed by atoms with Crippen molar-refractivity contribution in [1.29, 1.82) is 0 Å². The van der Waals surface area contributed by atoms with Crippen molar-refractivity contribution in [3.05, 3.63) is 72.1 Å². The van der Waals surface area contributed by atoms with E-state index in [9.17, 15) is 4.39 Å². The molecular weight excluding hydrogens is 365 g/mol. The molecule has 27 heavy (non-hydrogen) atoms. The Bertz CT molecular complexity index is 794. The molecule has 5 nitrogen and oxygen atoms in total. The molecule has 0 aliphatic rings. The normalized spacial score (nSPS) is 10.4. The summed E-state index contributed by atoms with van der Waals surface area (Å²) in [6.45, 7) is 6.94. The van der Waals surface area contributed by atoms with Gasteiger partial charge in [0.2, 0.25) is 5.11 Å². The molecule has 0 saturated carbocycles. The van der Waals surface area contributed by atoms with Crippen molar-refractivity contribution in [3.8, 4) is 11.5 Å². The van der Waals surface area contributed by atoms with E-state index in [-0.39, 0.29) is 5.82 Å². The zero-order valence-corrected chi connectivity index (χ0v) is 15.9. The summed E-state index contributed by atoms with van der Waals surface area (Å²) in [5.41, 5.74) is 4.60. The first-order valence-corrected chi connectivity index (χ1v) is 8.90. The smallest absolute Gasteiger partial charge is 0.224 e. The number of thiocarbonyl (C=S) groups is 1. The zero-order chi connectivity index (χ0) is 19.5. The van der Waals surface area contributed by atoms with Crippen LogP contribution in [0.25, 0.3) is 0 Å². The molecule has 0 fully saturated rings. The molecule has 7 heteroatoms. The first-order chi connectivity index (χ1) is 13.1. The summed E-state index contributed by atoms with van der Waals surface area (Å²) < 4.78 is 24.5. The number of hydrogen-bond acceptors (Lipinski definition) is 3. The van der Waals surface area contributed by atoms with Crippen molar-refractivity contribution in [1.82, 2.24) is 10.7 Å². The second kappa shape index (κ2) is 10.9. The molecule has 0 bridgehead atoms. The molecule has 2 aromatic carbocycles. The first kappa shape index (κ1) is 20.4. The van der Waals surface area contributed by atoms with E-state index in [1.54, 1.807) is 24.4 Å². The predicted molar refractivity (Wildman–Crippen MR) is 108 cm³/mol. The Morgan fingerprint density at radius 2 is 1.96 bits per heavy atom. The van der Waals surface area contributed by atoms with E-state index in [4.69, 9.17) is 21.7 Å². The van der Waals surface area contributed by atoms with Crippen LogP contribution >= 0.6 is 12.2 Å². The van der Waals surface area contributed by atoms with Gasteiger partial charge in [-0.25, -0.2) is 4.39 Å². The highest BCUT2D eigenvalue weighted by molar-refractivity contribution is 7.80. The molecule has 3 N–H and O–H groups in total. The van der Waals surface area contributed by atoms with Crippen molar-refractivity contribution >= 4 is 23.5 Å². The third-order valence-corrected chi connectivity index (χ3v) is 3.65. The van der Waals surface area contributed by atoms with E-state index in [2.05, 4.69) is 22.4 Å². The van der Waals surface area contributed by atoms with Gasteiger partial charge in [-0.05, 0) is 55.0 Å². The lowest BCUT2D eigenvalue weighted by Crippen LogP contribution is -2.82. The molecule has 0 aliphatic heterocycles. The van der Waals surface area contributed by atoms with Gasteiger partial charge in [-0.3, -0.25) is 0 Å². The fourth-order valence-corrected chi connectivity index (χ4v) is 2.28. The van der Waals surface area contributed by atoms with Gasteiger partial charge in [0.05, 0.1) is 6.61 Å². The molecule has 0 aromatic heterocycles. The molecule has 0 aliphatic carbocycles. The minimum atomic E-state index is -0.270. The van der Waals surface area contributed by atoms with Crippen molar-refractivity contribution in [2.24, 2.45) is 0 Å². The third kappa shape index (κ3) is 7.07. The Morgan fingerprint density at radius 1 is 1.19 bits per heavy atom. The van der Waals surface area contributed by atoms with Crippen LogP contribution in [0.4, 0.5) is 4.39 Å². The Morgan fingerprint density at radius 3 is 2.67 bits per heavy atom. The predicted octanol–water partition coefficient (Wildman–Crippen LogP) is 1.87. The van der Waals surface area contributed by atoms with Crippen LogP contribution in [-0.2, 0) is 6.61 Å². The van der Waals surface area contributed by atoms with Crippen LogP contribution < -0.4 is 25.3 Å². The standard InChI is InChI=1S/C20H22FN3O2S/c1-3-11-22-20(27)24-23-13-16-7-10-18(19(12-16)25-4-2)26-14-15-5-8-17(21)9-6-15/h3,5-10,12-13H,1,4,11,14H2,2H3,(H2,22,24,27)/p+1. The summed E-state index contributed by atoms with van der Waals surface area (Å²) in [5.74, 6) is 0.978. The second-order valence-electron chi connectivity index (χ2n) is 5.47. The molecule has 2 rings (SSSR count). The van der Waals surface area contributed by atoms with E-state index in [0.29, 0.717) is 36.4 Å². The van der Waals surface area contributed by atoms with Crippen LogP contribution in [-0.4, -0.2) is 24.5 Å². The minimum Gasteiger partial charge on any atom is -0.490 e. The van der Waals surface area contributed by atoms with Gasteiger partial charge >= 0.3 is 0 Å². The molecule has 0 amide bonds. The Labute approximate surface area is 163 Å². The highest BCUT2D eigenvalue weighted by Crippen LogP contribution is 2.28. The summed E-state index contributed by atoms with van der Waals surface area (Å²) in [6.07, 6.45) is 3.48. The number of nitrogens with one attached hydrogen (secondary N) is 3. The molecular formula is C20H23FN3O2S+. The van der Waals surface area contributed by atoms with Crippen molar-refractivity contribution < 1.29 is 19.0 Å². The quantitative estimate of drug-likeness (QED) is 0.265. The first-order valence-electron chi connectivity index (χ1n) is 8.50. The van der Waals surface area contributed by atoms with Gasteiger partial charge in [-0.2, -0.15) is 0 Å². The topological polar surface area (TPSA) is 56.5 Å². The van der Waals surface area contributed by atoms with E-state index < -0.39 is 0 Å². The lowest BCUT2D eigenvalue weighted by Gasteiger charge is -2.12. The van der Waals surface area contributed by atoms with Crippen molar-refractivity contribution in [3.63, 3.8) is 0 Å². The molecule has 0 radical (unpaired) electrons. The largest absolute Gasteiger partial charge is 0.490 e. The summed E-state index contributed by atoms with van der Waals surface area (Å²) in [7, 11) is 0. The maximum absolute atomic E-state index is 13.0. The molecule has 142 valence electrons. The van der Waals surface area contributed by atoms with Crippen LogP contribution in [0.5, 0.6) is 11.5 Å². The Kier molecular flexibility index (Phi) is 8.25. The van der Waals surface area contributed by atoms with Gasteiger partial charge < -0.3 is 14.8 Å². The SMILES string of the molecule is C=CCNC(=S)N[NH+]=Cc1ccc(OCc2ccc(F)cc2)c(OCC)c1. The van der Waals surface area contributed by atoms with E-state index >= 15 is 0 Å². The highest BCUT2D eigenvalue weighted by atomic mass is 32.1. The van der Waals surface area contributed by atoms with Gasteiger partial charge in [-0.1, -0.05) is 18.2 Å². The number of benzene rings is 2. The molecule has 2 aromatic rings. The van der Waals surface area contributed by atoms with Crippen molar-refractivity contribution in [2.75, 3.05) is 13.2 Å². The number of ether oxygens (including phenoxy) is 2. The molecule has 0 saturated heterocycles. The summed E-state index contributed by atoms with van der Waals surface area (Å²) >= 11 is 5.09. The molecule has 0 unspecified atom stereocenters. The lowest BCUT2D eigenvalue weighted by molar-refractivity contribution is -0.500. The number of hydrazine groups is 1. The van der Waals surface area contributed by atoms with Gasteiger partial charge in [0.25, 0.3) is 0 Å². The van der Waals surface area contributed by atoms with E-state index in [0.717, 1.165) is 11.1 Å². The summed E-state index contributed by atoms with van der Waals surface area (Å²) in [5, 5.41) is 6.33. The molecule has 0 atom stereocenters. The van der Waals surface area contributed by atoms with Crippen LogP contribution in [0.3, 0.4) is 0 Å². The number of rotatable bonds is 9. The van der Waals surface area contributed by atoms with Crippen LogP contribution in [0.2, 0.25) is 0 Å². The molecule has 0 heterocycles. The van der Waals surface area contributed by atoms with Crippen molar-refractivity contribution in [2.45, 2.75) is 13.5 Å². The minimum absolute atomic E-state index is 0.270. The van der Waals surface area contributed by atoms with Gasteiger partial charge in [0.15, 0.2) is 17.7 Å². The monoisotopic (exact) mass is 388 g/mol. The average molecular weight is 388 g/mol. The van der Waals surface area contributed by atoms with E-state index in [1.807, 2.05) is 25.1 Å². The van der Waals surface area contributed by atoms with E-state index in [1.165, 1.54) is 12.1 Å². The fourth-order valence-electron chi connectivity index (χ4n) is 2.14. The van der Waals surface area contributed by atoms with Gasteiger partial charge in [-0.15, -0.1) is 17.1 Å². The Balaban J connectivity index is 2.01. The number of halogens is 1. The lowest BCUT2D eigenvalue weighted by atomic mass is 10.2. The maximum atomic E-state index is 13.0. The maximum Gasteiger partial charge on any atom is 0.224 e. The number of hydrogen-bond donors (Lipinski definition) is 3.